The van der Waals surface area contributed by atoms with E-state index in [2.05, 4.69) is 75.8 Å². The van der Waals surface area contributed by atoms with Crippen LogP contribution < -0.4 is 5.32 Å². The highest BCUT2D eigenvalue weighted by molar-refractivity contribution is 6.31. The highest BCUT2D eigenvalue weighted by Crippen LogP contribution is 2.29. The molecule has 4 rings (SSSR count). The Balaban J connectivity index is 1.35. The van der Waals surface area contributed by atoms with Gasteiger partial charge < -0.3 is 5.32 Å². The van der Waals surface area contributed by atoms with Crippen LogP contribution in [0, 0.1) is 0 Å². The number of piperazine rings is 1. The number of hydrogen-bond donors (Lipinski definition) is 1. The van der Waals surface area contributed by atoms with E-state index in [0.717, 1.165) is 31.7 Å². The van der Waals surface area contributed by atoms with Gasteiger partial charge in [0.25, 0.3) is 0 Å². The summed E-state index contributed by atoms with van der Waals surface area (Å²) in [7, 11) is 0. The van der Waals surface area contributed by atoms with Crippen LogP contribution >= 0.6 is 11.6 Å². The van der Waals surface area contributed by atoms with Gasteiger partial charge in [-0.3, -0.25) is 14.6 Å². The van der Waals surface area contributed by atoms with E-state index in [9.17, 15) is 4.79 Å². The quantitative estimate of drug-likeness (QED) is 0.558. The maximum atomic E-state index is 12.7. The number of nitrogens with one attached hydrogen (secondary N) is 1. The molecule has 0 saturated carbocycles. The minimum Gasteiger partial charge on any atom is -0.348 e. The number of halogens is 1. The fourth-order valence-electron chi connectivity index (χ4n) is 4.46. The lowest BCUT2D eigenvalue weighted by atomic mass is 9.96. The van der Waals surface area contributed by atoms with Gasteiger partial charge >= 0.3 is 0 Å². The van der Waals surface area contributed by atoms with Gasteiger partial charge in [0.1, 0.15) is 0 Å². The van der Waals surface area contributed by atoms with E-state index in [1.54, 1.807) is 0 Å². The van der Waals surface area contributed by atoms with E-state index in [-0.39, 0.29) is 18.0 Å². The van der Waals surface area contributed by atoms with E-state index in [1.165, 1.54) is 11.1 Å². The fourth-order valence-corrected chi connectivity index (χ4v) is 4.76. The molecule has 5 heteroatoms. The molecular formula is C27H30ClN3O. The minimum atomic E-state index is -0.113. The number of benzene rings is 3. The first-order valence-electron chi connectivity index (χ1n) is 11.2. The molecular weight excluding hydrogens is 418 g/mol. The van der Waals surface area contributed by atoms with Crippen molar-refractivity contribution in [2.75, 3.05) is 32.7 Å². The zero-order valence-electron chi connectivity index (χ0n) is 18.5. The monoisotopic (exact) mass is 447 g/mol. The van der Waals surface area contributed by atoms with Gasteiger partial charge in [0.15, 0.2) is 0 Å². The normalized spacial score (nSPS) is 16.1. The summed E-state index contributed by atoms with van der Waals surface area (Å²) in [6.45, 7) is 5.95. The van der Waals surface area contributed by atoms with Crippen LogP contribution in [0.25, 0.3) is 0 Å². The maximum Gasteiger partial charge on any atom is 0.234 e. The average molecular weight is 448 g/mol. The summed E-state index contributed by atoms with van der Waals surface area (Å²) in [5.74, 6) is 0.0357. The van der Waals surface area contributed by atoms with Gasteiger partial charge in [0.2, 0.25) is 5.91 Å². The minimum absolute atomic E-state index is 0.0357. The van der Waals surface area contributed by atoms with Crippen molar-refractivity contribution in [3.05, 3.63) is 107 Å². The first-order chi connectivity index (χ1) is 15.6. The van der Waals surface area contributed by atoms with Gasteiger partial charge in [0, 0.05) is 31.2 Å². The third-order valence-corrected chi connectivity index (χ3v) is 6.46. The van der Waals surface area contributed by atoms with Gasteiger partial charge in [-0.05, 0) is 29.7 Å². The van der Waals surface area contributed by atoms with Crippen molar-refractivity contribution in [1.82, 2.24) is 15.1 Å². The summed E-state index contributed by atoms with van der Waals surface area (Å²) < 4.78 is 0. The molecule has 1 fully saturated rings. The van der Waals surface area contributed by atoms with Gasteiger partial charge in [-0.15, -0.1) is 0 Å². The van der Waals surface area contributed by atoms with Crippen molar-refractivity contribution in [2.24, 2.45) is 0 Å². The maximum absolute atomic E-state index is 12.7. The highest BCUT2D eigenvalue weighted by atomic mass is 35.5. The fraction of sp³-hybridized carbons (Fsp3) is 0.296. The van der Waals surface area contributed by atoms with Crippen LogP contribution in [0.4, 0.5) is 0 Å². The molecule has 0 unspecified atom stereocenters. The summed E-state index contributed by atoms with van der Waals surface area (Å²) >= 11 is 6.27. The molecule has 3 aromatic rings. The van der Waals surface area contributed by atoms with Gasteiger partial charge in [0.05, 0.1) is 18.6 Å². The van der Waals surface area contributed by atoms with Crippen molar-refractivity contribution in [3.63, 3.8) is 0 Å². The molecule has 166 valence electrons. The predicted octanol–water partition coefficient (Wildman–Crippen LogP) is 4.92. The molecule has 32 heavy (non-hydrogen) atoms. The Bertz CT molecular complexity index is 964. The topological polar surface area (TPSA) is 35.6 Å². The largest absolute Gasteiger partial charge is 0.348 e. The molecule has 1 heterocycles. The van der Waals surface area contributed by atoms with Crippen molar-refractivity contribution in [1.29, 1.82) is 0 Å². The van der Waals surface area contributed by atoms with Crippen LogP contribution in [0.3, 0.4) is 0 Å². The van der Waals surface area contributed by atoms with Gasteiger partial charge in [-0.2, -0.15) is 0 Å². The summed E-state index contributed by atoms with van der Waals surface area (Å²) in [6.07, 6.45) is 0. The summed E-state index contributed by atoms with van der Waals surface area (Å²) in [5.41, 5.74) is 3.55. The Kier molecular flexibility index (Phi) is 7.59. The number of amides is 1. The molecule has 1 atom stereocenters. The standard InChI is InChI=1S/C27H30ClN3O/c1-21(24-14-8-9-15-25(24)28)29-26(32)20-30-16-18-31(19-17-30)27(22-10-4-2-5-11-22)23-12-6-3-7-13-23/h2-15,21,27H,16-20H2,1H3,(H,29,32)/t21-/m1/s1. The van der Waals surface area contributed by atoms with Crippen LogP contribution in [0.15, 0.2) is 84.9 Å². The van der Waals surface area contributed by atoms with Crippen molar-refractivity contribution >= 4 is 17.5 Å². The van der Waals surface area contributed by atoms with Crippen LogP contribution in [0.5, 0.6) is 0 Å². The Labute approximate surface area is 195 Å². The number of hydrogen-bond acceptors (Lipinski definition) is 3. The lowest BCUT2D eigenvalue weighted by Crippen LogP contribution is -2.50. The van der Waals surface area contributed by atoms with Gasteiger partial charge in [-0.1, -0.05) is 90.5 Å². The lowest BCUT2D eigenvalue weighted by Gasteiger charge is -2.39. The third kappa shape index (κ3) is 5.57. The first kappa shape index (κ1) is 22.5. The molecule has 1 N–H and O–H groups in total. The smallest absolute Gasteiger partial charge is 0.234 e. The molecule has 0 bridgehead atoms. The molecule has 0 aromatic heterocycles. The average Bonchev–Trinajstić information content (AvgIpc) is 2.82. The van der Waals surface area contributed by atoms with Gasteiger partial charge in [-0.25, -0.2) is 0 Å². The second kappa shape index (κ2) is 10.8. The van der Waals surface area contributed by atoms with Crippen molar-refractivity contribution in [3.8, 4) is 0 Å². The summed E-state index contributed by atoms with van der Waals surface area (Å²) in [6, 6.07) is 29.1. The second-order valence-electron chi connectivity index (χ2n) is 8.35. The first-order valence-corrected chi connectivity index (χ1v) is 11.6. The van der Waals surface area contributed by atoms with Crippen molar-refractivity contribution < 1.29 is 4.79 Å². The Morgan fingerprint density at radius 1 is 0.844 bits per heavy atom. The molecule has 1 aliphatic heterocycles. The molecule has 0 spiro atoms. The highest BCUT2D eigenvalue weighted by Gasteiger charge is 2.27. The molecule has 1 aliphatic rings. The van der Waals surface area contributed by atoms with E-state index >= 15 is 0 Å². The number of rotatable bonds is 7. The van der Waals surface area contributed by atoms with E-state index in [1.807, 2.05) is 31.2 Å². The Morgan fingerprint density at radius 2 is 1.38 bits per heavy atom. The summed E-state index contributed by atoms with van der Waals surface area (Å²) in [4.78, 5) is 17.4. The third-order valence-electron chi connectivity index (χ3n) is 6.12. The van der Waals surface area contributed by atoms with E-state index in [0.29, 0.717) is 11.6 Å². The van der Waals surface area contributed by atoms with E-state index in [4.69, 9.17) is 11.6 Å². The zero-order chi connectivity index (χ0) is 22.3. The SMILES string of the molecule is C[C@@H](NC(=O)CN1CCN(C(c2ccccc2)c2ccccc2)CC1)c1ccccc1Cl. The summed E-state index contributed by atoms with van der Waals surface area (Å²) in [5, 5.41) is 3.77. The zero-order valence-corrected chi connectivity index (χ0v) is 19.2. The number of carbonyl (C=O) groups excluding carboxylic acids is 1. The van der Waals surface area contributed by atoms with Crippen LogP contribution in [0.1, 0.15) is 35.7 Å². The van der Waals surface area contributed by atoms with Crippen LogP contribution in [-0.4, -0.2) is 48.4 Å². The van der Waals surface area contributed by atoms with Crippen LogP contribution in [-0.2, 0) is 4.79 Å². The Hall–Kier alpha value is -2.66. The molecule has 1 saturated heterocycles. The van der Waals surface area contributed by atoms with Crippen LogP contribution in [0.2, 0.25) is 5.02 Å². The number of nitrogens with zero attached hydrogens (tertiary/aromatic N) is 2. The lowest BCUT2D eigenvalue weighted by molar-refractivity contribution is -0.123. The molecule has 1 amide bonds. The molecule has 0 radical (unpaired) electrons. The predicted molar refractivity (Wildman–Crippen MR) is 131 cm³/mol. The molecule has 0 aliphatic carbocycles. The number of carbonyl (C=O) groups is 1. The molecule has 3 aromatic carbocycles. The van der Waals surface area contributed by atoms with E-state index < -0.39 is 0 Å². The second-order valence-corrected chi connectivity index (χ2v) is 8.75. The van der Waals surface area contributed by atoms with Crippen molar-refractivity contribution in [2.45, 2.75) is 19.0 Å². The molecule has 4 nitrogen and oxygen atoms in total. The Morgan fingerprint density at radius 3 is 1.94 bits per heavy atom.